The number of hydrogen-bond donors (Lipinski definition) is 0. The smallest absolute Gasteiger partial charge is 0.250 e. The van der Waals surface area contributed by atoms with Gasteiger partial charge in [0.05, 0.1) is 6.04 Å². The molecule has 0 spiro atoms. The summed E-state index contributed by atoms with van der Waals surface area (Å²) in [4.78, 5) is 9.88. The maximum absolute atomic E-state index is 6.64. The molecule has 0 amide bonds. The van der Waals surface area contributed by atoms with Crippen molar-refractivity contribution in [1.82, 2.24) is 14.8 Å². The molecule has 31 heavy (non-hydrogen) atoms. The zero-order chi connectivity index (χ0) is 22.8. The second kappa shape index (κ2) is 9.57. The van der Waals surface area contributed by atoms with Crippen LogP contribution in [0.2, 0.25) is 18.1 Å². The normalized spacial score (nSPS) is 22.3. The monoisotopic (exact) mass is 457 g/mol. The summed E-state index contributed by atoms with van der Waals surface area (Å²) in [6.45, 7) is 23.0. The molecule has 1 aromatic heterocycles. The zero-order valence-corrected chi connectivity index (χ0v) is 22.1. The van der Waals surface area contributed by atoms with Gasteiger partial charge in [-0.2, -0.15) is 0 Å². The molecule has 4 nitrogen and oxygen atoms in total. The average Bonchev–Trinajstić information content (AvgIpc) is 3.19. The molecule has 1 aliphatic rings. The van der Waals surface area contributed by atoms with E-state index in [1.807, 2.05) is 12.3 Å². The van der Waals surface area contributed by atoms with Gasteiger partial charge in [-0.15, -0.1) is 17.9 Å². The van der Waals surface area contributed by atoms with Gasteiger partial charge < -0.3 is 4.43 Å². The molecule has 2 aromatic rings. The number of hydrogen-bond acceptors (Lipinski definition) is 5. The minimum absolute atomic E-state index is 0.145. The van der Waals surface area contributed by atoms with Gasteiger partial charge in [0, 0.05) is 43.3 Å². The van der Waals surface area contributed by atoms with Gasteiger partial charge in [0.1, 0.15) is 10.8 Å². The van der Waals surface area contributed by atoms with Crippen LogP contribution in [0.3, 0.4) is 0 Å². The van der Waals surface area contributed by atoms with Crippen molar-refractivity contribution in [3.05, 3.63) is 59.1 Å². The van der Waals surface area contributed by atoms with Crippen molar-refractivity contribution in [2.45, 2.75) is 70.9 Å². The minimum atomic E-state index is -1.89. The first-order valence-corrected chi connectivity index (χ1v) is 15.1. The van der Waals surface area contributed by atoms with Crippen LogP contribution in [0.15, 0.2) is 48.5 Å². The van der Waals surface area contributed by atoms with Crippen LogP contribution in [-0.2, 0) is 0 Å². The molecule has 1 aromatic carbocycles. The van der Waals surface area contributed by atoms with Crippen LogP contribution in [0.5, 0.6) is 5.75 Å². The zero-order valence-electron chi connectivity index (χ0n) is 20.3. The number of thiazole rings is 1. The fraction of sp³-hybridized carbons (Fsp3) is 0.560. The van der Waals surface area contributed by atoms with Gasteiger partial charge in [-0.25, -0.2) is 4.98 Å². The molecule has 3 atom stereocenters. The van der Waals surface area contributed by atoms with Crippen molar-refractivity contribution in [3.63, 3.8) is 0 Å². The summed E-state index contributed by atoms with van der Waals surface area (Å²) in [6, 6.07) is 9.78. The van der Waals surface area contributed by atoms with Gasteiger partial charge >= 0.3 is 0 Å². The lowest BCUT2D eigenvalue weighted by molar-refractivity contribution is 0.0306. The number of aromatic nitrogens is 1. The Balaban J connectivity index is 1.93. The third-order valence-corrected chi connectivity index (χ3v) is 12.1. The topological polar surface area (TPSA) is 28.6 Å². The van der Waals surface area contributed by atoms with Crippen molar-refractivity contribution in [3.8, 4) is 5.75 Å². The Hall–Kier alpha value is -1.47. The molecule has 2 heterocycles. The number of benzene rings is 1. The van der Waals surface area contributed by atoms with Crippen LogP contribution in [0, 0.1) is 0 Å². The van der Waals surface area contributed by atoms with Crippen molar-refractivity contribution >= 4 is 19.7 Å². The molecule has 0 bridgehead atoms. The van der Waals surface area contributed by atoms with Gasteiger partial charge in [-0.1, -0.05) is 39.0 Å². The second-order valence-electron chi connectivity index (χ2n) is 10.3. The van der Waals surface area contributed by atoms with E-state index in [0.717, 1.165) is 30.4 Å². The average molecular weight is 458 g/mol. The maximum atomic E-state index is 6.64. The molecule has 3 rings (SSSR count). The Morgan fingerprint density at radius 1 is 1.26 bits per heavy atom. The van der Waals surface area contributed by atoms with Gasteiger partial charge in [0.15, 0.2) is 0 Å². The number of rotatable bonds is 7. The summed E-state index contributed by atoms with van der Waals surface area (Å²) in [5.41, 5.74) is 1.27. The highest BCUT2D eigenvalue weighted by atomic mass is 32.1. The molecule has 0 radical (unpaired) electrons. The van der Waals surface area contributed by atoms with Crippen LogP contribution in [-0.4, -0.2) is 54.8 Å². The van der Waals surface area contributed by atoms with E-state index in [0.29, 0.717) is 12.1 Å². The van der Waals surface area contributed by atoms with E-state index in [1.54, 1.807) is 11.3 Å². The SMILES string of the molecule is C=CCN1C[C@H](C)N([C@@H](c2cccc(O[Si](C)(C)C(C)(C)C)c2)c2nccs2)C[C@H]1C. The van der Waals surface area contributed by atoms with Crippen LogP contribution < -0.4 is 4.43 Å². The first-order valence-electron chi connectivity index (χ1n) is 11.3. The maximum Gasteiger partial charge on any atom is 0.250 e. The molecule has 170 valence electrons. The lowest BCUT2D eigenvalue weighted by atomic mass is 9.99. The number of piperazine rings is 1. The summed E-state index contributed by atoms with van der Waals surface area (Å²) in [5, 5.41) is 3.41. The van der Waals surface area contributed by atoms with Gasteiger partial charge in [-0.05, 0) is 49.7 Å². The summed E-state index contributed by atoms with van der Waals surface area (Å²) >= 11 is 1.74. The van der Waals surface area contributed by atoms with Crippen LogP contribution in [0.1, 0.15) is 51.2 Å². The largest absolute Gasteiger partial charge is 0.543 e. The predicted molar refractivity (Wildman–Crippen MR) is 136 cm³/mol. The molecule has 1 aliphatic heterocycles. The molecular weight excluding hydrogens is 418 g/mol. The van der Waals surface area contributed by atoms with Crippen molar-refractivity contribution in [2.24, 2.45) is 0 Å². The molecule has 0 saturated carbocycles. The summed E-state index contributed by atoms with van der Waals surface area (Å²) < 4.78 is 6.64. The van der Waals surface area contributed by atoms with E-state index in [2.05, 4.69) is 93.7 Å². The van der Waals surface area contributed by atoms with E-state index in [4.69, 9.17) is 9.41 Å². The van der Waals surface area contributed by atoms with Crippen LogP contribution in [0.25, 0.3) is 0 Å². The third-order valence-electron chi connectivity index (χ3n) is 6.90. The lowest BCUT2D eigenvalue weighted by Crippen LogP contribution is -2.57. The van der Waals surface area contributed by atoms with Crippen molar-refractivity contribution in [2.75, 3.05) is 19.6 Å². The van der Waals surface area contributed by atoms with Crippen molar-refractivity contribution in [1.29, 1.82) is 0 Å². The van der Waals surface area contributed by atoms with Crippen LogP contribution >= 0.6 is 11.3 Å². The lowest BCUT2D eigenvalue weighted by Gasteiger charge is -2.47. The molecule has 1 fully saturated rings. The molecule has 0 N–H and O–H groups in total. The first kappa shape index (κ1) is 24.2. The quantitative estimate of drug-likeness (QED) is 0.366. The second-order valence-corrected chi connectivity index (χ2v) is 16.0. The standard InChI is InChI=1S/C25H39N3OSSi/c1-9-14-27-17-20(3)28(18-19(27)2)23(24-26-13-15-30-24)21-11-10-12-22(16-21)29-31(7,8)25(4,5)6/h9-13,15-16,19-20,23H,1,14,17-18H2,2-8H3/t19-,20+,23+/m1/s1. The van der Waals surface area contributed by atoms with Crippen LogP contribution in [0.4, 0.5) is 0 Å². The first-order chi connectivity index (χ1) is 14.5. The van der Waals surface area contributed by atoms with E-state index < -0.39 is 8.32 Å². The van der Waals surface area contributed by atoms with Gasteiger partial charge in [0.25, 0.3) is 0 Å². The highest BCUT2D eigenvalue weighted by Gasteiger charge is 2.39. The molecule has 6 heteroatoms. The highest BCUT2D eigenvalue weighted by molar-refractivity contribution is 7.09. The summed E-state index contributed by atoms with van der Waals surface area (Å²) in [6.07, 6.45) is 3.93. The van der Waals surface area contributed by atoms with E-state index >= 15 is 0 Å². The third kappa shape index (κ3) is 5.48. The molecule has 0 unspecified atom stereocenters. The molecule has 1 saturated heterocycles. The summed E-state index contributed by atoms with van der Waals surface area (Å²) in [5.74, 6) is 0.983. The fourth-order valence-corrected chi connectivity index (χ4v) is 5.85. The molecular formula is C25H39N3OSSi. The van der Waals surface area contributed by atoms with E-state index in [-0.39, 0.29) is 11.1 Å². The Morgan fingerprint density at radius 2 is 2.00 bits per heavy atom. The van der Waals surface area contributed by atoms with E-state index in [1.165, 1.54) is 5.56 Å². The number of nitrogens with zero attached hydrogens (tertiary/aromatic N) is 3. The minimum Gasteiger partial charge on any atom is -0.543 e. The Labute approximate surface area is 194 Å². The van der Waals surface area contributed by atoms with E-state index in [9.17, 15) is 0 Å². The van der Waals surface area contributed by atoms with Gasteiger partial charge in [0.2, 0.25) is 8.32 Å². The predicted octanol–water partition coefficient (Wildman–Crippen LogP) is 6.20. The Kier molecular flexibility index (Phi) is 7.46. The Morgan fingerprint density at radius 3 is 2.61 bits per heavy atom. The highest BCUT2D eigenvalue weighted by Crippen LogP contribution is 2.39. The summed E-state index contributed by atoms with van der Waals surface area (Å²) in [7, 11) is -1.89. The van der Waals surface area contributed by atoms with Crippen molar-refractivity contribution < 1.29 is 4.43 Å². The Bertz CT molecular complexity index is 862. The fourth-order valence-electron chi connectivity index (χ4n) is 4.05. The molecule has 0 aliphatic carbocycles. The van der Waals surface area contributed by atoms with Gasteiger partial charge in [-0.3, -0.25) is 9.80 Å².